The van der Waals surface area contributed by atoms with Crippen LogP contribution in [-0.2, 0) is 6.42 Å². The summed E-state index contributed by atoms with van der Waals surface area (Å²) in [5.41, 5.74) is 1.33. The molecule has 4 nitrogen and oxygen atoms in total. The van der Waals surface area contributed by atoms with Crippen LogP contribution in [0.15, 0.2) is 54.6 Å². The van der Waals surface area contributed by atoms with E-state index >= 15 is 0 Å². The zero-order valence-corrected chi connectivity index (χ0v) is 13.5. The van der Waals surface area contributed by atoms with Crippen molar-refractivity contribution in [2.75, 3.05) is 13.2 Å². The predicted octanol–water partition coefficient (Wildman–Crippen LogP) is 2.74. The van der Waals surface area contributed by atoms with Crippen LogP contribution in [0.5, 0.6) is 11.5 Å². The molecule has 0 fully saturated rings. The number of hydrogen-bond acceptors (Lipinski definition) is 4. The SMILES string of the molecule is CC(CCc1ccccc1)NCC(O)COc1ccc(O)cc1. The van der Waals surface area contributed by atoms with Crippen molar-refractivity contribution in [1.29, 1.82) is 0 Å². The van der Waals surface area contributed by atoms with Gasteiger partial charge in [0.15, 0.2) is 0 Å². The smallest absolute Gasteiger partial charge is 0.119 e. The van der Waals surface area contributed by atoms with Crippen molar-refractivity contribution in [2.45, 2.75) is 31.9 Å². The van der Waals surface area contributed by atoms with Crippen LogP contribution in [0.1, 0.15) is 18.9 Å². The van der Waals surface area contributed by atoms with E-state index in [4.69, 9.17) is 4.74 Å². The van der Waals surface area contributed by atoms with E-state index in [-0.39, 0.29) is 12.4 Å². The molecule has 2 unspecified atom stereocenters. The molecule has 0 amide bonds. The van der Waals surface area contributed by atoms with Gasteiger partial charge in [0, 0.05) is 12.6 Å². The zero-order valence-electron chi connectivity index (χ0n) is 13.5. The van der Waals surface area contributed by atoms with E-state index in [1.165, 1.54) is 5.56 Å². The van der Waals surface area contributed by atoms with Crippen LogP contribution < -0.4 is 10.1 Å². The van der Waals surface area contributed by atoms with Gasteiger partial charge in [-0.3, -0.25) is 0 Å². The normalized spacial score (nSPS) is 13.5. The summed E-state index contributed by atoms with van der Waals surface area (Å²) in [6, 6.07) is 17.2. The average Bonchev–Trinajstić information content (AvgIpc) is 2.58. The van der Waals surface area contributed by atoms with E-state index < -0.39 is 6.10 Å². The lowest BCUT2D eigenvalue weighted by Crippen LogP contribution is -2.36. The molecule has 0 aliphatic carbocycles. The monoisotopic (exact) mass is 315 g/mol. The minimum atomic E-state index is -0.567. The molecule has 0 spiro atoms. The molecule has 0 saturated carbocycles. The van der Waals surface area contributed by atoms with E-state index in [1.807, 2.05) is 6.07 Å². The first-order chi connectivity index (χ1) is 11.1. The van der Waals surface area contributed by atoms with Crippen LogP contribution in [0.4, 0.5) is 0 Å². The van der Waals surface area contributed by atoms with Gasteiger partial charge < -0.3 is 20.3 Å². The lowest BCUT2D eigenvalue weighted by Gasteiger charge is -2.17. The molecule has 0 radical (unpaired) electrons. The molecule has 0 aliphatic heterocycles. The Hall–Kier alpha value is -2.04. The minimum absolute atomic E-state index is 0.201. The Bertz CT molecular complexity index is 557. The quantitative estimate of drug-likeness (QED) is 0.666. The molecule has 124 valence electrons. The number of aromatic hydroxyl groups is 1. The molecule has 3 N–H and O–H groups in total. The van der Waals surface area contributed by atoms with Crippen molar-refractivity contribution in [1.82, 2.24) is 5.32 Å². The van der Waals surface area contributed by atoms with Crippen LogP contribution in [-0.4, -0.2) is 35.5 Å². The molecule has 4 heteroatoms. The van der Waals surface area contributed by atoms with Crippen molar-refractivity contribution < 1.29 is 14.9 Å². The average molecular weight is 315 g/mol. The first-order valence-electron chi connectivity index (χ1n) is 8.00. The third kappa shape index (κ3) is 6.72. The highest BCUT2D eigenvalue weighted by atomic mass is 16.5. The van der Waals surface area contributed by atoms with Gasteiger partial charge in [0.05, 0.1) is 0 Å². The molecule has 0 heterocycles. The van der Waals surface area contributed by atoms with Crippen LogP contribution in [0.2, 0.25) is 0 Å². The summed E-state index contributed by atoms with van der Waals surface area (Å²) in [7, 11) is 0. The van der Waals surface area contributed by atoms with Crippen LogP contribution in [0.25, 0.3) is 0 Å². The molecule has 2 aromatic carbocycles. The van der Waals surface area contributed by atoms with Gasteiger partial charge in [-0.05, 0) is 49.6 Å². The molecule has 23 heavy (non-hydrogen) atoms. The second-order valence-electron chi connectivity index (χ2n) is 5.79. The highest BCUT2D eigenvalue weighted by Gasteiger charge is 2.08. The Balaban J connectivity index is 1.61. The van der Waals surface area contributed by atoms with Crippen molar-refractivity contribution in [3.05, 3.63) is 60.2 Å². The van der Waals surface area contributed by atoms with Gasteiger partial charge in [0.25, 0.3) is 0 Å². The standard InChI is InChI=1S/C19H25NO3/c1-15(7-8-16-5-3-2-4-6-16)20-13-18(22)14-23-19-11-9-17(21)10-12-19/h2-6,9-12,15,18,20-22H,7-8,13-14H2,1H3. The fourth-order valence-electron chi connectivity index (χ4n) is 2.26. The second kappa shape index (κ2) is 9.18. The number of aliphatic hydroxyl groups excluding tert-OH is 1. The number of aryl methyl sites for hydroxylation is 1. The Morgan fingerprint density at radius 3 is 2.43 bits per heavy atom. The fourth-order valence-corrected chi connectivity index (χ4v) is 2.26. The van der Waals surface area contributed by atoms with Crippen molar-refractivity contribution in [3.8, 4) is 11.5 Å². The number of rotatable bonds is 9. The van der Waals surface area contributed by atoms with Gasteiger partial charge in [-0.2, -0.15) is 0 Å². The highest BCUT2D eigenvalue weighted by molar-refractivity contribution is 5.30. The number of phenolic OH excluding ortho intramolecular Hbond substituents is 1. The van der Waals surface area contributed by atoms with Gasteiger partial charge >= 0.3 is 0 Å². The van der Waals surface area contributed by atoms with Gasteiger partial charge in [0.1, 0.15) is 24.2 Å². The number of aliphatic hydroxyl groups is 1. The second-order valence-corrected chi connectivity index (χ2v) is 5.79. The molecular formula is C19H25NO3. The maximum Gasteiger partial charge on any atom is 0.119 e. The molecule has 2 aromatic rings. The third-order valence-corrected chi connectivity index (χ3v) is 3.69. The first-order valence-corrected chi connectivity index (χ1v) is 8.00. The Kier molecular flexibility index (Phi) is 6.91. The topological polar surface area (TPSA) is 61.7 Å². The lowest BCUT2D eigenvalue weighted by molar-refractivity contribution is 0.104. The molecule has 0 aliphatic rings. The largest absolute Gasteiger partial charge is 0.508 e. The number of nitrogens with one attached hydrogen (secondary N) is 1. The summed E-state index contributed by atoms with van der Waals surface area (Å²) in [5, 5.41) is 22.5. The lowest BCUT2D eigenvalue weighted by atomic mass is 10.1. The summed E-state index contributed by atoms with van der Waals surface area (Å²) in [6.45, 7) is 2.84. The molecule has 0 aromatic heterocycles. The third-order valence-electron chi connectivity index (χ3n) is 3.69. The van der Waals surface area contributed by atoms with E-state index in [9.17, 15) is 10.2 Å². The highest BCUT2D eigenvalue weighted by Crippen LogP contribution is 2.15. The molecule has 2 atom stereocenters. The van der Waals surface area contributed by atoms with Crippen LogP contribution in [0.3, 0.4) is 0 Å². The Labute approximate surface area is 137 Å². The molecule has 0 saturated heterocycles. The first kappa shape index (κ1) is 17.3. The summed E-state index contributed by atoms with van der Waals surface area (Å²) >= 11 is 0. The van der Waals surface area contributed by atoms with E-state index in [2.05, 4.69) is 36.5 Å². The van der Waals surface area contributed by atoms with Gasteiger partial charge in [0.2, 0.25) is 0 Å². The number of ether oxygens (including phenoxy) is 1. The number of hydrogen-bond donors (Lipinski definition) is 3. The maximum atomic E-state index is 9.96. The van der Waals surface area contributed by atoms with E-state index in [0.717, 1.165) is 12.8 Å². The van der Waals surface area contributed by atoms with Crippen molar-refractivity contribution >= 4 is 0 Å². The Morgan fingerprint density at radius 1 is 1.04 bits per heavy atom. The molecule has 0 bridgehead atoms. The molecule has 2 rings (SSSR count). The maximum absolute atomic E-state index is 9.96. The number of benzene rings is 2. The van der Waals surface area contributed by atoms with Gasteiger partial charge in [-0.1, -0.05) is 30.3 Å². The number of phenols is 1. The Morgan fingerprint density at radius 2 is 1.74 bits per heavy atom. The summed E-state index contributed by atoms with van der Waals surface area (Å²) in [5.74, 6) is 0.839. The zero-order chi connectivity index (χ0) is 16.5. The van der Waals surface area contributed by atoms with Gasteiger partial charge in [-0.15, -0.1) is 0 Å². The molecular weight excluding hydrogens is 290 g/mol. The van der Waals surface area contributed by atoms with E-state index in [0.29, 0.717) is 18.3 Å². The van der Waals surface area contributed by atoms with E-state index in [1.54, 1.807) is 24.3 Å². The fraction of sp³-hybridized carbons (Fsp3) is 0.368. The van der Waals surface area contributed by atoms with Crippen LogP contribution in [0, 0.1) is 0 Å². The van der Waals surface area contributed by atoms with Crippen molar-refractivity contribution in [2.24, 2.45) is 0 Å². The summed E-state index contributed by atoms with van der Waals surface area (Å²) in [4.78, 5) is 0. The minimum Gasteiger partial charge on any atom is -0.508 e. The van der Waals surface area contributed by atoms with Crippen molar-refractivity contribution in [3.63, 3.8) is 0 Å². The summed E-state index contributed by atoms with van der Waals surface area (Å²) < 4.78 is 5.48. The van der Waals surface area contributed by atoms with Crippen LogP contribution >= 0.6 is 0 Å². The summed E-state index contributed by atoms with van der Waals surface area (Å²) in [6.07, 6.45) is 1.48. The predicted molar refractivity (Wildman–Crippen MR) is 91.8 cm³/mol. The van der Waals surface area contributed by atoms with Gasteiger partial charge in [-0.25, -0.2) is 0 Å².